The molecule has 0 saturated carbocycles. The highest BCUT2D eigenvalue weighted by Crippen LogP contribution is 2.06. The van der Waals surface area contributed by atoms with Crippen molar-refractivity contribution in [1.82, 2.24) is 29.1 Å². The molecule has 8 nitrogen and oxygen atoms in total. The molecule has 8 heteroatoms. The van der Waals surface area contributed by atoms with Crippen molar-refractivity contribution in [1.29, 1.82) is 0 Å². The van der Waals surface area contributed by atoms with E-state index in [0.29, 0.717) is 5.69 Å². The number of aliphatic hydroxyl groups excluding tert-OH is 1. The zero-order valence-corrected chi connectivity index (χ0v) is 19.9. The Hall–Kier alpha value is -3.00. The molecule has 3 rings (SSSR count). The van der Waals surface area contributed by atoms with Crippen molar-refractivity contribution in [2.45, 2.75) is 53.4 Å². The summed E-state index contributed by atoms with van der Waals surface area (Å²) in [6, 6.07) is 0. The standard InChI is InChI=1S/C8H14N2O.C8H14N2.C5H6N2O.C2H4/c1-7-8(4-3-5-11)9-6-10(7)2;1-4-5-8-7(2)10(3)6-9-8;1-4-5(2-8)7-3-6-4;1-2/h6,11H,3-5H2,1-2H3;6H,4-5H2,1-3H3;2-3H,1H3,(H,6,7);1-2H2. The molecular weight excluding hydrogens is 392 g/mol. The molecule has 0 spiro atoms. The number of carbonyl (C=O) groups excluding carboxylic acids is 1. The molecule has 0 bridgehead atoms. The summed E-state index contributed by atoms with van der Waals surface area (Å²) in [5.41, 5.74) is 6.14. The van der Waals surface area contributed by atoms with Crippen molar-refractivity contribution in [3.8, 4) is 0 Å². The van der Waals surface area contributed by atoms with E-state index in [0.717, 1.165) is 36.9 Å². The maximum Gasteiger partial charge on any atom is 0.170 e. The third-order valence-corrected chi connectivity index (χ3v) is 4.71. The molecule has 0 atom stereocenters. The zero-order valence-electron chi connectivity index (χ0n) is 19.9. The van der Waals surface area contributed by atoms with Crippen LogP contribution in [0.4, 0.5) is 0 Å². The largest absolute Gasteiger partial charge is 0.396 e. The molecule has 0 unspecified atom stereocenters. The van der Waals surface area contributed by atoms with Crippen molar-refractivity contribution < 1.29 is 9.90 Å². The van der Waals surface area contributed by atoms with Crippen LogP contribution in [-0.4, -0.2) is 47.1 Å². The second kappa shape index (κ2) is 15.8. The Bertz CT molecular complexity index is 879. The Labute approximate surface area is 186 Å². The van der Waals surface area contributed by atoms with Gasteiger partial charge in [-0.25, -0.2) is 15.0 Å². The lowest BCUT2D eigenvalue weighted by atomic mass is 10.2. The van der Waals surface area contributed by atoms with Crippen LogP contribution >= 0.6 is 0 Å². The molecule has 0 fully saturated rings. The normalized spacial score (nSPS) is 9.52. The lowest BCUT2D eigenvalue weighted by molar-refractivity contribution is 0.111. The van der Waals surface area contributed by atoms with Gasteiger partial charge in [-0.15, -0.1) is 13.2 Å². The van der Waals surface area contributed by atoms with E-state index in [1.807, 2.05) is 38.2 Å². The second-order valence-electron chi connectivity index (χ2n) is 6.88. The Balaban J connectivity index is 0.000000423. The van der Waals surface area contributed by atoms with Crippen LogP contribution in [0, 0.1) is 20.8 Å². The number of aromatic amines is 1. The van der Waals surface area contributed by atoms with Gasteiger partial charge in [-0.2, -0.15) is 0 Å². The van der Waals surface area contributed by atoms with Gasteiger partial charge in [0.05, 0.1) is 30.4 Å². The molecule has 3 aromatic rings. The van der Waals surface area contributed by atoms with E-state index >= 15 is 0 Å². The van der Waals surface area contributed by atoms with Gasteiger partial charge < -0.3 is 19.2 Å². The summed E-state index contributed by atoms with van der Waals surface area (Å²) >= 11 is 0. The zero-order chi connectivity index (χ0) is 23.8. The van der Waals surface area contributed by atoms with Crippen LogP contribution in [0.25, 0.3) is 0 Å². The number of H-pyrrole nitrogens is 1. The van der Waals surface area contributed by atoms with Crippen molar-refractivity contribution in [3.63, 3.8) is 0 Å². The summed E-state index contributed by atoms with van der Waals surface area (Å²) in [4.78, 5) is 25.0. The number of imidazole rings is 3. The summed E-state index contributed by atoms with van der Waals surface area (Å²) < 4.78 is 4.05. The minimum absolute atomic E-state index is 0.246. The Morgan fingerprint density at radius 3 is 1.81 bits per heavy atom. The molecule has 3 aromatic heterocycles. The van der Waals surface area contributed by atoms with E-state index in [4.69, 9.17) is 5.11 Å². The fourth-order valence-corrected chi connectivity index (χ4v) is 2.54. The fourth-order valence-electron chi connectivity index (χ4n) is 2.54. The molecule has 0 saturated heterocycles. The molecular formula is C23H38N6O2. The number of hydrogen-bond donors (Lipinski definition) is 2. The van der Waals surface area contributed by atoms with Crippen LogP contribution in [0.2, 0.25) is 0 Å². The number of nitrogens with one attached hydrogen (secondary N) is 1. The van der Waals surface area contributed by atoms with Crippen LogP contribution in [0.1, 0.15) is 58.7 Å². The van der Waals surface area contributed by atoms with Gasteiger partial charge in [-0.1, -0.05) is 13.3 Å². The molecule has 172 valence electrons. The molecule has 0 aliphatic carbocycles. The lowest BCUT2D eigenvalue weighted by Gasteiger charge is -1.97. The molecule has 0 amide bonds. The van der Waals surface area contributed by atoms with Gasteiger partial charge in [0.2, 0.25) is 0 Å². The number of aromatic nitrogens is 6. The molecule has 0 aromatic carbocycles. The first-order chi connectivity index (χ1) is 14.8. The third-order valence-electron chi connectivity index (χ3n) is 4.71. The van der Waals surface area contributed by atoms with Gasteiger partial charge in [-0.05, 0) is 40.0 Å². The number of carbonyl (C=O) groups is 1. The predicted molar refractivity (Wildman–Crippen MR) is 125 cm³/mol. The topological polar surface area (TPSA) is 102 Å². The third kappa shape index (κ3) is 9.57. The first-order valence-electron chi connectivity index (χ1n) is 10.3. The van der Waals surface area contributed by atoms with Gasteiger partial charge in [-0.3, -0.25) is 4.79 Å². The number of hydrogen-bond acceptors (Lipinski definition) is 5. The van der Waals surface area contributed by atoms with Gasteiger partial charge in [0.1, 0.15) is 5.69 Å². The van der Waals surface area contributed by atoms with Crippen LogP contribution in [-0.2, 0) is 26.9 Å². The first-order valence-corrected chi connectivity index (χ1v) is 10.3. The lowest BCUT2D eigenvalue weighted by Crippen LogP contribution is -1.94. The number of aliphatic hydroxyl groups is 1. The number of aldehydes is 1. The van der Waals surface area contributed by atoms with Crippen LogP contribution < -0.4 is 0 Å². The Morgan fingerprint density at radius 1 is 1.00 bits per heavy atom. The van der Waals surface area contributed by atoms with Crippen molar-refractivity contribution >= 4 is 6.29 Å². The van der Waals surface area contributed by atoms with Crippen LogP contribution in [0.15, 0.2) is 32.1 Å². The summed E-state index contributed by atoms with van der Waals surface area (Å²) in [5, 5.41) is 8.59. The molecule has 0 aliphatic rings. The molecule has 2 N–H and O–H groups in total. The quantitative estimate of drug-likeness (QED) is 0.459. The van der Waals surface area contributed by atoms with E-state index in [2.05, 4.69) is 51.5 Å². The van der Waals surface area contributed by atoms with E-state index in [-0.39, 0.29) is 6.61 Å². The van der Waals surface area contributed by atoms with Crippen molar-refractivity contribution in [2.24, 2.45) is 14.1 Å². The van der Waals surface area contributed by atoms with Crippen molar-refractivity contribution in [2.75, 3.05) is 6.61 Å². The number of rotatable bonds is 6. The average molecular weight is 431 g/mol. The number of aryl methyl sites for hydroxylation is 5. The van der Waals surface area contributed by atoms with Gasteiger partial charge in [0.25, 0.3) is 0 Å². The fraction of sp³-hybridized carbons (Fsp3) is 0.478. The monoisotopic (exact) mass is 430 g/mol. The summed E-state index contributed by atoms with van der Waals surface area (Å²) in [6.45, 7) is 14.4. The minimum atomic E-state index is 0.246. The average Bonchev–Trinajstić information content (AvgIpc) is 3.45. The molecule has 0 radical (unpaired) electrons. The molecule has 31 heavy (non-hydrogen) atoms. The van der Waals surface area contributed by atoms with Crippen LogP contribution in [0.5, 0.6) is 0 Å². The van der Waals surface area contributed by atoms with Crippen LogP contribution in [0.3, 0.4) is 0 Å². The smallest absolute Gasteiger partial charge is 0.170 e. The van der Waals surface area contributed by atoms with E-state index in [9.17, 15) is 4.79 Å². The second-order valence-corrected chi connectivity index (χ2v) is 6.88. The van der Waals surface area contributed by atoms with Gasteiger partial charge >= 0.3 is 0 Å². The molecule has 0 aliphatic heterocycles. The maximum atomic E-state index is 10.0. The Morgan fingerprint density at radius 2 is 1.52 bits per heavy atom. The minimum Gasteiger partial charge on any atom is -0.396 e. The SMILES string of the molecule is C=C.CCCc1ncn(C)c1C.Cc1[nH]cnc1C=O.Cc1c(CCCO)ncn1C. The summed E-state index contributed by atoms with van der Waals surface area (Å²) in [6.07, 6.45) is 9.87. The van der Waals surface area contributed by atoms with Gasteiger partial charge in [0.15, 0.2) is 6.29 Å². The van der Waals surface area contributed by atoms with E-state index in [1.54, 1.807) is 6.92 Å². The number of nitrogens with zero attached hydrogens (tertiary/aromatic N) is 5. The molecule has 3 heterocycles. The predicted octanol–water partition coefficient (Wildman–Crippen LogP) is 3.67. The summed E-state index contributed by atoms with van der Waals surface area (Å²) in [5.74, 6) is 0. The first kappa shape index (κ1) is 28.0. The van der Waals surface area contributed by atoms with E-state index in [1.165, 1.54) is 29.8 Å². The van der Waals surface area contributed by atoms with Gasteiger partial charge in [0, 0.05) is 37.8 Å². The van der Waals surface area contributed by atoms with Crippen molar-refractivity contribution in [3.05, 3.63) is 66.3 Å². The highest BCUT2D eigenvalue weighted by atomic mass is 16.2. The van der Waals surface area contributed by atoms with E-state index < -0.39 is 0 Å². The highest BCUT2D eigenvalue weighted by Gasteiger charge is 2.02. The highest BCUT2D eigenvalue weighted by molar-refractivity contribution is 5.73. The Kier molecular flexibility index (Phi) is 14.3. The summed E-state index contributed by atoms with van der Waals surface area (Å²) in [7, 11) is 4.01. The maximum absolute atomic E-state index is 10.0.